The molecule has 3 atom stereocenters. The third-order valence-electron chi connectivity index (χ3n) is 6.15. The van der Waals surface area contributed by atoms with Gasteiger partial charge in [0, 0.05) is 18.3 Å². The maximum Gasteiger partial charge on any atom is 0.141 e. The van der Waals surface area contributed by atoms with Gasteiger partial charge < -0.3 is 16.0 Å². The highest BCUT2D eigenvalue weighted by molar-refractivity contribution is 7.72. The number of anilines is 2. The summed E-state index contributed by atoms with van der Waals surface area (Å²) in [5.41, 5.74) is 7.84. The molecule has 5 N–H and O–H groups in total. The van der Waals surface area contributed by atoms with Crippen LogP contribution in [0.1, 0.15) is 62.0 Å². The minimum Gasteiger partial charge on any atom is -0.367 e. The van der Waals surface area contributed by atoms with Crippen LogP contribution in [0.4, 0.5) is 16.0 Å². The molecule has 174 valence electrons. The Morgan fingerprint density at radius 2 is 1.91 bits per heavy atom. The first-order chi connectivity index (χ1) is 15.1. The number of aryl methyl sites for hydroxylation is 1. The fourth-order valence-electron chi connectivity index (χ4n) is 4.43. The van der Waals surface area contributed by atoms with Crippen LogP contribution in [0.25, 0.3) is 0 Å². The molecule has 1 aromatic heterocycles. The summed E-state index contributed by atoms with van der Waals surface area (Å²) in [4.78, 5) is 9.15. The molecule has 1 aliphatic rings. The SMILES string of the molecule is Cc1nc(NC2CCC(CCC[P+](C)(C)N)C2)c(C=N)c(NC(C)c2ccc(F)cc2)n1. The minimum absolute atomic E-state index is 0.0815. The molecule has 8 heteroatoms. The Hall–Kier alpha value is -2.11. The molecule has 1 aliphatic carbocycles. The first-order valence-corrected chi connectivity index (χ1v) is 14.4. The number of rotatable bonds is 10. The number of nitrogens with one attached hydrogen (secondary N) is 3. The molecule has 0 spiro atoms. The summed E-state index contributed by atoms with van der Waals surface area (Å²) < 4.78 is 13.3. The van der Waals surface area contributed by atoms with E-state index >= 15 is 0 Å². The zero-order valence-electron chi connectivity index (χ0n) is 19.7. The van der Waals surface area contributed by atoms with Crippen LogP contribution in [0.15, 0.2) is 24.3 Å². The van der Waals surface area contributed by atoms with Gasteiger partial charge in [-0.2, -0.15) is 0 Å². The van der Waals surface area contributed by atoms with E-state index in [4.69, 9.17) is 10.9 Å². The fraction of sp³-hybridized carbons (Fsp3) is 0.542. The molecule has 1 fully saturated rings. The van der Waals surface area contributed by atoms with Gasteiger partial charge >= 0.3 is 0 Å². The molecule has 0 radical (unpaired) electrons. The summed E-state index contributed by atoms with van der Waals surface area (Å²) >= 11 is 0. The molecule has 3 unspecified atom stereocenters. The van der Waals surface area contributed by atoms with Gasteiger partial charge in [0.05, 0.1) is 32.5 Å². The van der Waals surface area contributed by atoms with Crippen molar-refractivity contribution in [3.05, 3.63) is 47.0 Å². The highest BCUT2D eigenvalue weighted by atomic mass is 31.2. The van der Waals surface area contributed by atoms with Crippen molar-refractivity contribution >= 4 is 25.3 Å². The minimum atomic E-state index is -1.18. The molecule has 1 saturated carbocycles. The first kappa shape index (κ1) is 24.5. The van der Waals surface area contributed by atoms with E-state index in [1.807, 2.05) is 13.8 Å². The van der Waals surface area contributed by atoms with Gasteiger partial charge in [0.2, 0.25) is 0 Å². The fourth-order valence-corrected chi connectivity index (χ4v) is 5.42. The van der Waals surface area contributed by atoms with Crippen molar-refractivity contribution in [1.29, 1.82) is 5.41 Å². The normalized spacial score (nSPS) is 19.6. The van der Waals surface area contributed by atoms with Gasteiger partial charge in [-0.3, -0.25) is 0 Å². The number of hydrogen-bond donors (Lipinski definition) is 4. The molecule has 2 aromatic rings. The summed E-state index contributed by atoms with van der Waals surface area (Å²) in [7, 11) is -1.18. The van der Waals surface area contributed by atoms with Gasteiger partial charge in [0.1, 0.15) is 23.3 Å². The van der Waals surface area contributed by atoms with Crippen molar-refractivity contribution in [3.63, 3.8) is 0 Å². The summed E-state index contributed by atoms with van der Waals surface area (Å²) in [6.07, 6.45) is 8.37. The smallest absolute Gasteiger partial charge is 0.141 e. The van der Waals surface area contributed by atoms with Crippen LogP contribution in [0.2, 0.25) is 0 Å². The summed E-state index contributed by atoms with van der Waals surface area (Å²) in [5.74, 6) is 2.45. The molecule has 6 nitrogen and oxygen atoms in total. The number of aromatic nitrogens is 2. The van der Waals surface area contributed by atoms with Crippen LogP contribution < -0.4 is 16.1 Å². The van der Waals surface area contributed by atoms with Gasteiger partial charge in [0.15, 0.2) is 0 Å². The monoisotopic (exact) mass is 459 g/mol. The van der Waals surface area contributed by atoms with Crippen LogP contribution >= 0.6 is 7.41 Å². The van der Waals surface area contributed by atoms with Crippen LogP contribution in [-0.2, 0) is 0 Å². The van der Waals surface area contributed by atoms with E-state index < -0.39 is 7.41 Å². The maximum absolute atomic E-state index is 13.3. The lowest BCUT2D eigenvalue weighted by Crippen LogP contribution is -2.20. The van der Waals surface area contributed by atoms with E-state index in [1.165, 1.54) is 37.6 Å². The summed E-state index contributed by atoms with van der Waals surface area (Å²) in [6, 6.07) is 6.71. The molecule has 1 heterocycles. The number of benzene rings is 1. The number of hydrogen-bond acceptors (Lipinski definition) is 6. The topological polar surface area (TPSA) is 99.7 Å². The van der Waals surface area contributed by atoms with Crippen LogP contribution in [0.5, 0.6) is 0 Å². The number of nitrogens with two attached hydrogens (primary N) is 1. The second kappa shape index (κ2) is 10.7. The van der Waals surface area contributed by atoms with Crippen molar-refractivity contribution < 1.29 is 4.39 Å². The molecular weight excluding hydrogens is 422 g/mol. The van der Waals surface area contributed by atoms with Gasteiger partial charge in [-0.05, 0) is 69.6 Å². The first-order valence-electron chi connectivity index (χ1n) is 11.4. The van der Waals surface area contributed by atoms with Gasteiger partial charge in [-0.25, -0.2) is 19.9 Å². The van der Waals surface area contributed by atoms with E-state index in [1.54, 1.807) is 12.1 Å². The Balaban J connectivity index is 1.66. The predicted octanol–water partition coefficient (Wildman–Crippen LogP) is 5.61. The lowest BCUT2D eigenvalue weighted by molar-refractivity contribution is 0.493. The predicted molar refractivity (Wildman–Crippen MR) is 135 cm³/mol. The molecule has 0 saturated heterocycles. The second-order valence-electron chi connectivity index (χ2n) is 9.61. The summed E-state index contributed by atoms with van der Waals surface area (Å²) in [5, 5.41) is 15.0. The van der Waals surface area contributed by atoms with Crippen molar-refractivity contribution in [3.8, 4) is 0 Å². The summed E-state index contributed by atoms with van der Waals surface area (Å²) in [6.45, 7) is 8.26. The number of halogens is 1. The van der Waals surface area contributed by atoms with E-state index in [0.29, 0.717) is 29.1 Å². The Kier molecular flexibility index (Phi) is 8.18. The Bertz CT molecular complexity index is 912. The quantitative estimate of drug-likeness (QED) is 0.273. The standard InChI is InChI=1S/C24H37FN6P/c1-16(19-8-10-20(25)11-9-19)28-23-22(15-26)24(30-17(2)29-23)31-21-12-7-18(14-21)6-5-13-32(3,4)27/h8-11,15-16,18,21,26H,5-7,12-14,27H2,1-4H3,(H2,28,29,30,31)/q+1. The average Bonchev–Trinajstić information content (AvgIpc) is 3.14. The molecule has 1 aromatic carbocycles. The lowest BCUT2D eigenvalue weighted by atomic mass is 10.0. The largest absolute Gasteiger partial charge is 0.367 e. The van der Waals surface area contributed by atoms with Crippen molar-refractivity contribution in [1.82, 2.24) is 9.97 Å². The zero-order chi connectivity index (χ0) is 23.3. The van der Waals surface area contributed by atoms with Crippen LogP contribution in [0.3, 0.4) is 0 Å². The van der Waals surface area contributed by atoms with Crippen molar-refractivity contribution in [2.75, 3.05) is 30.1 Å². The maximum atomic E-state index is 13.3. The molecule has 0 amide bonds. The second-order valence-corrected chi connectivity index (χ2v) is 13.6. The van der Waals surface area contributed by atoms with E-state index in [9.17, 15) is 4.39 Å². The Labute approximate surface area is 191 Å². The molecule has 0 bridgehead atoms. The average molecular weight is 460 g/mol. The van der Waals surface area contributed by atoms with Crippen LogP contribution in [0, 0.1) is 24.1 Å². The Morgan fingerprint density at radius 3 is 2.56 bits per heavy atom. The third-order valence-corrected chi connectivity index (χ3v) is 7.62. The molecular formula is C24H37FN6P+. The zero-order valence-corrected chi connectivity index (χ0v) is 20.6. The van der Waals surface area contributed by atoms with E-state index in [-0.39, 0.29) is 11.9 Å². The van der Waals surface area contributed by atoms with Gasteiger partial charge in [0.25, 0.3) is 0 Å². The van der Waals surface area contributed by atoms with E-state index in [0.717, 1.165) is 30.5 Å². The van der Waals surface area contributed by atoms with E-state index in [2.05, 4.69) is 33.9 Å². The highest BCUT2D eigenvalue weighted by Gasteiger charge is 2.27. The Morgan fingerprint density at radius 1 is 1.22 bits per heavy atom. The van der Waals surface area contributed by atoms with Gasteiger partial charge in [-0.15, -0.1) is 0 Å². The van der Waals surface area contributed by atoms with Gasteiger partial charge in [-0.1, -0.05) is 12.1 Å². The van der Waals surface area contributed by atoms with Crippen LogP contribution in [-0.4, -0.2) is 41.7 Å². The van der Waals surface area contributed by atoms with Crippen molar-refractivity contribution in [2.24, 2.45) is 11.4 Å². The number of nitrogens with zero attached hydrogens (tertiary/aromatic N) is 2. The third kappa shape index (κ3) is 6.94. The van der Waals surface area contributed by atoms with Crippen molar-refractivity contribution in [2.45, 2.75) is 58.0 Å². The molecule has 32 heavy (non-hydrogen) atoms. The lowest BCUT2D eigenvalue weighted by Gasteiger charge is -2.21. The molecule has 0 aliphatic heterocycles. The molecule has 3 rings (SSSR count). The highest BCUT2D eigenvalue weighted by Crippen LogP contribution is 2.43.